The van der Waals surface area contributed by atoms with Gasteiger partial charge in [-0.05, 0) is 30.2 Å². The van der Waals surface area contributed by atoms with E-state index in [1.165, 1.54) is 21.3 Å². The molecule has 1 heterocycles. The fourth-order valence-electron chi connectivity index (χ4n) is 3.80. The molecular formula is C24H26N2O6. The van der Waals surface area contributed by atoms with Gasteiger partial charge in [0.1, 0.15) is 0 Å². The maximum absolute atomic E-state index is 12.6. The molecule has 8 nitrogen and oxygen atoms in total. The number of aromatic nitrogens is 1. The highest BCUT2D eigenvalue weighted by atomic mass is 16.5. The van der Waals surface area contributed by atoms with Crippen LogP contribution in [0, 0.1) is 0 Å². The lowest BCUT2D eigenvalue weighted by molar-refractivity contribution is -0.113. The Morgan fingerprint density at radius 3 is 2.28 bits per heavy atom. The van der Waals surface area contributed by atoms with Crippen LogP contribution in [0.3, 0.4) is 0 Å². The standard InChI is InChI=1S/C24H26N2O6/c1-30-20-11-15(12-21(31-2)23(20)32-3)22(24(25)29)18(14-28)17-13-26(9-6-10-27)19-8-5-4-7-16(17)19/h4-5,7-8,11-14,27H,6,9-10H2,1-3H3,(H2,25,29)/b22-18+. The average molecular weight is 438 g/mol. The number of aliphatic hydroxyl groups is 1. The van der Waals surface area contributed by atoms with Crippen molar-refractivity contribution in [3.05, 3.63) is 53.7 Å². The third-order valence-corrected chi connectivity index (χ3v) is 5.22. The average Bonchev–Trinajstić information content (AvgIpc) is 3.18. The molecular weight excluding hydrogens is 412 g/mol. The molecule has 8 heteroatoms. The number of ether oxygens (including phenoxy) is 3. The maximum atomic E-state index is 12.6. The van der Waals surface area contributed by atoms with Crippen LogP contribution in [0.1, 0.15) is 17.5 Å². The van der Waals surface area contributed by atoms with Crippen LogP contribution in [0.4, 0.5) is 0 Å². The lowest BCUT2D eigenvalue weighted by atomic mass is 9.94. The summed E-state index contributed by atoms with van der Waals surface area (Å²) in [5.74, 6) is 0.247. The van der Waals surface area contributed by atoms with Crippen LogP contribution in [0.15, 0.2) is 42.6 Å². The number of primary amides is 1. The number of para-hydroxylation sites is 1. The number of amides is 1. The zero-order chi connectivity index (χ0) is 23.3. The predicted octanol–water partition coefficient (Wildman–Crippen LogP) is 2.64. The number of carbonyl (C=O) groups excluding carboxylic acids is 2. The van der Waals surface area contributed by atoms with Gasteiger partial charge < -0.3 is 29.6 Å². The van der Waals surface area contributed by atoms with Crippen molar-refractivity contribution < 1.29 is 28.9 Å². The zero-order valence-electron chi connectivity index (χ0n) is 18.3. The molecule has 0 aliphatic heterocycles. The molecule has 0 bridgehead atoms. The highest BCUT2D eigenvalue weighted by Crippen LogP contribution is 2.41. The Morgan fingerprint density at radius 2 is 1.75 bits per heavy atom. The van der Waals surface area contributed by atoms with Crippen molar-refractivity contribution >= 4 is 34.2 Å². The van der Waals surface area contributed by atoms with Gasteiger partial charge in [-0.2, -0.15) is 0 Å². The highest BCUT2D eigenvalue weighted by molar-refractivity contribution is 6.36. The highest BCUT2D eigenvalue weighted by Gasteiger charge is 2.23. The molecule has 32 heavy (non-hydrogen) atoms. The maximum Gasteiger partial charge on any atom is 0.250 e. The van der Waals surface area contributed by atoms with E-state index in [0.29, 0.717) is 47.6 Å². The summed E-state index contributed by atoms with van der Waals surface area (Å²) in [6.07, 6.45) is 2.97. The van der Waals surface area contributed by atoms with Gasteiger partial charge in [0.05, 0.1) is 26.9 Å². The van der Waals surface area contributed by atoms with Gasteiger partial charge in [-0.1, -0.05) is 18.2 Å². The third-order valence-electron chi connectivity index (χ3n) is 5.22. The number of hydrogen-bond donors (Lipinski definition) is 2. The van der Waals surface area contributed by atoms with E-state index in [0.717, 1.165) is 10.9 Å². The number of nitrogens with zero attached hydrogens (tertiary/aromatic N) is 1. The molecule has 0 spiro atoms. The predicted molar refractivity (Wildman–Crippen MR) is 122 cm³/mol. The van der Waals surface area contributed by atoms with Crippen molar-refractivity contribution in [1.29, 1.82) is 0 Å². The van der Waals surface area contributed by atoms with Crippen LogP contribution in [-0.4, -0.2) is 49.8 Å². The number of aldehydes is 1. The molecule has 0 unspecified atom stereocenters. The summed E-state index contributed by atoms with van der Waals surface area (Å²) in [4.78, 5) is 24.9. The van der Waals surface area contributed by atoms with Crippen molar-refractivity contribution in [3.8, 4) is 17.2 Å². The van der Waals surface area contributed by atoms with Crippen LogP contribution >= 0.6 is 0 Å². The fourth-order valence-corrected chi connectivity index (χ4v) is 3.80. The minimum absolute atomic E-state index is 0.0318. The second kappa shape index (κ2) is 10.0. The number of fused-ring (bicyclic) bond motifs is 1. The number of methoxy groups -OCH3 is 3. The quantitative estimate of drug-likeness (QED) is 0.372. The summed E-state index contributed by atoms with van der Waals surface area (Å²) in [5.41, 5.74) is 7.74. The fraction of sp³-hybridized carbons (Fsp3) is 0.250. The Hall–Kier alpha value is -3.78. The molecule has 168 valence electrons. The van der Waals surface area contributed by atoms with Crippen LogP contribution in [0.5, 0.6) is 17.2 Å². The molecule has 2 aromatic carbocycles. The van der Waals surface area contributed by atoms with E-state index in [-0.39, 0.29) is 17.8 Å². The normalized spacial score (nSPS) is 11.8. The Labute approximate surface area is 185 Å². The summed E-state index contributed by atoms with van der Waals surface area (Å²) >= 11 is 0. The molecule has 0 atom stereocenters. The largest absolute Gasteiger partial charge is 0.493 e. The Morgan fingerprint density at radius 1 is 1.09 bits per heavy atom. The minimum Gasteiger partial charge on any atom is -0.493 e. The molecule has 3 rings (SSSR count). The van der Waals surface area contributed by atoms with Gasteiger partial charge in [-0.15, -0.1) is 0 Å². The van der Waals surface area contributed by atoms with E-state index in [2.05, 4.69) is 0 Å². The second-order valence-electron chi connectivity index (χ2n) is 7.02. The molecule has 0 fully saturated rings. The van der Waals surface area contributed by atoms with E-state index in [9.17, 15) is 14.7 Å². The van der Waals surface area contributed by atoms with Crippen molar-refractivity contribution in [3.63, 3.8) is 0 Å². The van der Waals surface area contributed by atoms with Crippen molar-refractivity contribution in [2.24, 2.45) is 5.73 Å². The zero-order valence-corrected chi connectivity index (χ0v) is 18.3. The van der Waals surface area contributed by atoms with Crippen LogP contribution in [0.25, 0.3) is 22.0 Å². The lowest BCUT2D eigenvalue weighted by Gasteiger charge is -2.16. The van der Waals surface area contributed by atoms with Crippen LogP contribution < -0.4 is 19.9 Å². The van der Waals surface area contributed by atoms with E-state index in [4.69, 9.17) is 19.9 Å². The van der Waals surface area contributed by atoms with Gasteiger partial charge in [0, 0.05) is 41.4 Å². The second-order valence-corrected chi connectivity index (χ2v) is 7.02. The number of carbonyl (C=O) groups is 2. The monoisotopic (exact) mass is 438 g/mol. The molecule has 0 saturated heterocycles. The summed E-state index contributed by atoms with van der Waals surface area (Å²) in [6.45, 7) is 0.593. The minimum atomic E-state index is -0.770. The van der Waals surface area contributed by atoms with Gasteiger partial charge >= 0.3 is 0 Å². The van der Waals surface area contributed by atoms with E-state index < -0.39 is 5.91 Å². The SMILES string of the molecule is COc1cc(/C(C(N)=O)=C(/C=O)c2cn(CCCO)c3ccccc23)cc(OC)c1OC. The molecule has 3 N–H and O–H groups in total. The molecule has 1 amide bonds. The molecule has 0 radical (unpaired) electrons. The molecule has 1 aromatic heterocycles. The van der Waals surface area contributed by atoms with E-state index in [1.54, 1.807) is 18.3 Å². The molecule has 0 aliphatic rings. The summed E-state index contributed by atoms with van der Waals surface area (Å²) in [6, 6.07) is 10.7. The van der Waals surface area contributed by atoms with Crippen molar-refractivity contribution in [1.82, 2.24) is 4.57 Å². The number of allylic oxidation sites excluding steroid dienone is 1. The molecule has 0 saturated carbocycles. The first-order valence-corrected chi connectivity index (χ1v) is 9.99. The Balaban J connectivity index is 2.33. The first kappa shape index (κ1) is 22.9. The van der Waals surface area contributed by atoms with E-state index in [1.807, 2.05) is 28.8 Å². The number of hydrogen-bond acceptors (Lipinski definition) is 6. The number of rotatable bonds is 10. The Bertz CT molecular complexity index is 1150. The smallest absolute Gasteiger partial charge is 0.250 e. The van der Waals surface area contributed by atoms with Crippen LogP contribution in [-0.2, 0) is 16.1 Å². The number of aliphatic hydroxyl groups excluding tert-OH is 1. The summed E-state index contributed by atoms with van der Waals surface area (Å²) in [5, 5.41) is 10.0. The molecule has 0 aliphatic carbocycles. The van der Waals surface area contributed by atoms with Gasteiger partial charge in [-0.25, -0.2) is 0 Å². The third kappa shape index (κ3) is 4.17. The van der Waals surface area contributed by atoms with Gasteiger partial charge in [0.15, 0.2) is 17.8 Å². The molecule has 3 aromatic rings. The number of benzene rings is 2. The van der Waals surface area contributed by atoms with Crippen LogP contribution in [0.2, 0.25) is 0 Å². The van der Waals surface area contributed by atoms with Gasteiger partial charge in [-0.3, -0.25) is 9.59 Å². The van der Waals surface area contributed by atoms with Gasteiger partial charge in [0.2, 0.25) is 11.7 Å². The summed E-state index contributed by atoms with van der Waals surface area (Å²) in [7, 11) is 4.40. The Kier molecular flexibility index (Phi) is 7.17. The van der Waals surface area contributed by atoms with Crippen molar-refractivity contribution in [2.75, 3.05) is 27.9 Å². The lowest BCUT2D eigenvalue weighted by Crippen LogP contribution is -2.15. The number of nitrogens with two attached hydrogens (primary N) is 1. The first-order chi connectivity index (χ1) is 15.5. The summed E-state index contributed by atoms with van der Waals surface area (Å²) < 4.78 is 18.1. The first-order valence-electron chi connectivity index (χ1n) is 9.99. The topological polar surface area (TPSA) is 113 Å². The van der Waals surface area contributed by atoms with Gasteiger partial charge in [0.25, 0.3) is 0 Å². The number of aryl methyl sites for hydroxylation is 1. The van der Waals surface area contributed by atoms with Crippen molar-refractivity contribution in [2.45, 2.75) is 13.0 Å². The van der Waals surface area contributed by atoms with E-state index >= 15 is 0 Å².